The number of pyridine rings is 2. The fourth-order valence-electron chi connectivity index (χ4n) is 4.07. The smallest absolute Gasteiger partial charge is 0.259 e. The quantitative estimate of drug-likeness (QED) is 0.734. The van der Waals surface area contributed by atoms with E-state index in [1.54, 1.807) is 36.5 Å². The molecule has 8 heteroatoms. The van der Waals surface area contributed by atoms with Crippen molar-refractivity contribution in [3.63, 3.8) is 0 Å². The van der Waals surface area contributed by atoms with Gasteiger partial charge in [-0.1, -0.05) is 5.16 Å². The number of amides is 2. The zero-order valence-electron chi connectivity index (χ0n) is 16.1. The molecule has 1 saturated heterocycles. The van der Waals surface area contributed by atoms with Gasteiger partial charge in [0.25, 0.3) is 17.5 Å². The van der Waals surface area contributed by atoms with Gasteiger partial charge in [0.2, 0.25) is 0 Å². The summed E-state index contributed by atoms with van der Waals surface area (Å²) >= 11 is 0. The normalized spacial score (nSPS) is 18.9. The molecule has 2 aliphatic rings. The van der Waals surface area contributed by atoms with Crippen LogP contribution in [0.3, 0.4) is 0 Å². The Bertz CT molecular complexity index is 1090. The number of fused-ring (bicyclic) bond motifs is 1. The molecule has 1 unspecified atom stereocenters. The van der Waals surface area contributed by atoms with Crippen LogP contribution < -0.4 is 5.32 Å². The maximum atomic E-state index is 13.0. The number of nitrogens with one attached hydrogen (secondary N) is 1. The summed E-state index contributed by atoms with van der Waals surface area (Å²) in [6.45, 7) is 0.621. The van der Waals surface area contributed by atoms with E-state index < -0.39 is 0 Å². The van der Waals surface area contributed by atoms with Crippen LogP contribution in [0.25, 0.3) is 11.1 Å². The first-order chi connectivity index (χ1) is 14.2. The van der Waals surface area contributed by atoms with Crippen molar-refractivity contribution in [2.75, 3.05) is 13.6 Å². The van der Waals surface area contributed by atoms with Gasteiger partial charge in [-0.2, -0.15) is 0 Å². The molecule has 0 aromatic carbocycles. The number of aromatic nitrogens is 3. The zero-order valence-corrected chi connectivity index (χ0v) is 16.1. The largest absolute Gasteiger partial charge is 0.355 e. The zero-order chi connectivity index (χ0) is 20.0. The van der Waals surface area contributed by atoms with Crippen LogP contribution in [0.15, 0.2) is 35.1 Å². The molecule has 1 aliphatic carbocycles. The van der Waals surface area contributed by atoms with E-state index in [4.69, 9.17) is 4.52 Å². The third-order valence-electron chi connectivity index (χ3n) is 5.70. The van der Waals surface area contributed by atoms with E-state index >= 15 is 0 Å². The monoisotopic (exact) mass is 391 g/mol. The van der Waals surface area contributed by atoms with E-state index in [9.17, 15) is 9.59 Å². The second kappa shape index (κ2) is 6.95. The predicted octanol–water partition coefficient (Wildman–Crippen LogP) is 2.83. The molecule has 0 bridgehead atoms. The molecule has 5 rings (SSSR count). The molecule has 1 N–H and O–H groups in total. The molecular weight excluding hydrogens is 370 g/mol. The summed E-state index contributed by atoms with van der Waals surface area (Å²) in [5, 5.41) is 7.58. The Morgan fingerprint density at radius 2 is 2.14 bits per heavy atom. The third-order valence-corrected chi connectivity index (χ3v) is 5.70. The van der Waals surface area contributed by atoms with Crippen molar-refractivity contribution in [3.8, 4) is 0 Å². The minimum Gasteiger partial charge on any atom is -0.355 e. The van der Waals surface area contributed by atoms with Crippen molar-refractivity contribution in [2.45, 2.75) is 37.6 Å². The Morgan fingerprint density at radius 1 is 1.28 bits per heavy atom. The van der Waals surface area contributed by atoms with Crippen LogP contribution in [0.2, 0.25) is 0 Å². The van der Waals surface area contributed by atoms with Crippen LogP contribution in [-0.2, 0) is 0 Å². The van der Waals surface area contributed by atoms with Crippen LogP contribution >= 0.6 is 0 Å². The topological polar surface area (TPSA) is 101 Å². The Morgan fingerprint density at radius 3 is 2.86 bits per heavy atom. The lowest BCUT2D eigenvalue weighted by Crippen LogP contribution is -2.31. The van der Waals surface area contributed by atoms with Gasteiger partial charge in [0.1, 0.15) is 5.69 Å². The molecule has 1 atom stereocenters. The van der Waals surface area contributed by atoms with Gasteiger partial charge in [-0.25, -0.2) is 4.98 Å². The summed E-state index contributed by atoms with van der Waals surface area (Å²) in [6.07, 6.45) is 6.96. The third kappa shape index (κ3) is 3.04. The summed E-state index contributed by atoms with van der Waals surface area (Å²) < 4.78 is 5.56. The second-order valence-corrected chi connectivity index (χ2v) is 7.59. The van der Waals surface area contributed by atoms with Crippen molar-refractivity contribution in [1.29, 1.82) is 0 Å². The van der Waals surface area contributed by atoms with Crippen molar-refractivity contribution >= 4 is 22.9 Å². The average molecular weight is 391 g/mol. The molecule has 148 valence electrons. The number of hydrogen-bond donors (Lipinski definition) is 1. The van der Waals surface area contributed by atoms with Crippen LogP contribution in [0, 0.1) is 0 Å². The summed E-state index contributed by atoms with van der Waals surface area (Å²) in [7, 11) is 1.60. The fraction of sp³-hybridized carbons (Fsp3) is 0.381. The summed E-state index contributed by atoms with van der Waals surface area (Å²) in [5.74, 6) is 0.0826. The Hall–Kier alpha value is -3.29. The first-order valence-electron chi connectivity index (χ1n) is 9.90. The van der Waals surface area contributed by atoms with E-state index in [2.05, 4.69) is 20.4 Å². The molecular formula is C21H21N5O3. The van der Waals surface area contributed by atoms with Crippen molar-refractivity contribution < 1.29 is 14.1 Å². The second-order valence-electron chi connectivity index (χ2n) is 7.59. The summed E-state index contributed by atoms with van der Waals surface area (Å²) in [6, 6.07) is 5.09. The average Bonchev–Trinajstić information content (AvgIpc) is 3.35. The van der Waals surface area contributed by atoms with E-state index in [1.807, 2.05) is 6.07 Å². The number of carbonyl (C=O) groups excluding carboxylic acids is 2. The van der Waals surface area contributed by atoms with Crippen molar-refractivity contribution in [1.82, 2.24) is 25.3 Å². The standard InChI is InChI=1S/C21H21N5O3/c1-22-19(27)14-10-15(12-6-7-12)24-20-17(14)18(25-29-20)16-5-3-9-26(16)21(28)13-4-2-8-23-11-13/h2,4,8,10-12,16H,3,5-7,9H2,1H3,(H,22,27). The minimum atomic E-state index is -0.263. The number of rotatable bonds is 4. The highest BCUT2D eigenvalue weighted by atomic mass is 16.5. The molecule has 0 radical (unpaired) electrons. The lowest BCUT2D eigenvalue weighted by atomic mass is 10.0. The van der Waals surface area contributed by atoms with Gasteiger partial charge in [-0.3, -0.25) is 14.6 Å². The SMILES string of the molecule is CNC(=O)c1cc(C2CC2)nc2onc(C3CCCN3C(=O)c3cccnc3)c12. The van der Waals surface area contributed by atoms with E-state index in [-0.39, 0.29) is 17.9 Å². The highest BCUT2D eigenvalue weighted by molar-refractivity contribution is 6.06. The van der Waals surface area contributed by atoms with Crippen molar-refractivity contribution in [3.05, 3.63) is 53.1 Å². The van der Waals surface area contributed by atoms with Gasteiger partial charge in [0.15, 0.2) is 0 Å². The van der Waals surface area contributed by atoms with Gasteiger partial charge in [-0.15, -0.1) is 0 Å². The Labute approximate surface area is 167 Å². The molecule has 3 aromatic heterocycles. The lowest BCUT2D eigenvalue weighted by molar-refractivity contribution is 0.0731. The predicted molar refractivity (Wildman–Crippen MR) is 104 cm³/mol. The molecule has 3 aromatic rings. The number of carbonyl (C=O) groups is 2. The first kappa shape index (κ1) is 17.8. The van der Waals surface area contributed by atoms with Crippen LogP contribution in [0.1, 0.15) is 69.7 Å². The number of nitrogens with zero attached hydrogens (tertiary/aromatic N) is 4. The number of hydrogen-bond acceptors (Lipinski definition) is 6. The Kier molecular flexibility index (Phi) is 4.26. The van der Waals surface area contributed by atoms with E-state index in [0.29, 0.717) is 40.4 Å². The van der Waals surface area contributed by atoms with Gasteiger partial charge >= 0.3 is 0 Å². The van der Waals surface area contributed by atoms with Crippen molar-refractivity contribution in [2.24, 2.45) is 0 Å². The molecule has 1 aliphatic heterocycles. The molecule has 2 amide bonds. The maximum Gasteiger partial charge on any atom is 0.259 e. The molecule has 2 fully saturated rings. The fourth-order valence-corrected chi connectivity index (χ4v) is 4.07. The first-order valence-corrected chi connectivity index (χ1v) is 9.90. The Balaban J connectivity index is 1.59. The highest BCUT2D eigenvalue weighted by Crippen LogP contribution is 2.42. The van der Waals surface area contributed by atoms with Gasteiger partial charge < -0.3 is 14.7 Å². The van der Waals surface area contributed by atoms with Gasteiger partial charge in [0, 0.05) is 37.6 Å². The van der Waals surface area contributed by atoms with Crippen LogP contribution in [0.4, 0.5) is 0 Å². The molecule has 4 heterocycles. The van der Waals surface area contributed by atoms with Crippen LogP contribution in [0.5, 0.6) is 0 Å². The number of likely N-dealkylation sites (tertiary alicyclic amines) is 1. The van der Waals surface area contributed by atoms with E-state index in [1.165, 1.54) is 0 Å². The van der Waals surface area contributed by atoms with Crippen LogP contribution in [-0.4, -0.2) is 45.4 Å². The molecule has 1 saturated carbocycles. The molecule has 0 spiro atoms. The van der Waals surface area contributed by atoms with E-state index in [0.717, 1.165) is 31.4 Å². The van der Waals surface area contributed by atoms with Gasteiger partial charge in [0.05, 0.1) is 22.6 Å². The lowest BCUT2D eigenvalue weighted by Gasteiger charge is -2.23. The highest BCUT2D eigenvalue weighted by Gasteiger charge is 2.36. The minimum absolute atomic E-state index is 0.0965. The summed E-state index contributed by atoms with van der Waals surface area (Å²) in [4.78, 5) is 36.1. The maximum absolute atomic E-state index is 13.0. The van der Waals surface area contributed by atoms with Gasteiger partial charge in [-0.05, 0) is 43.9 Å². The summed E-state index contributed by atoms with van der Waals surface area (Å²) in [5.41, 5.74) is 2.88. The molecule has 8 nitrogen and oxygen atoms in total. The molecule has 29 heavy (non-hydrogen) atoms.